The zero-order chi connectivity index (χ0) is 14.7. The van der Waals surface area contributed by atoms with Gasteiger partial charge in [-0.3, -0.25) is 4.79 Å². The minimum Gasteiger partial charge on any atom is -0.486 e. The summed E-state index contributed by atoms with van der Waals surface area (Å²) in [6, 6.07) is 10.7. The number of rotatable bonds is 3. The van der Waals surface area contributed by atoms with Gasteiger partial charge in [-0.25, -0.2) is 4.98 Å². The van der Waals surface area contributed by atoms with Crippen LogP contribution < -0.4 is 14.8 Å². The van der Waals surface area contributed by atoms with Gasteiger partial charge in [0.2, 0.25) is 0 Å². The second kappa shape index (κ2) is 6.01. The van der Waals surface area contributed by atoms with Crippen LogP contribution in [0.25, 0.3) is 0 Å². The lowest BCUT2D eigenvalue weighted by atomic mass is 10.2. The summed E-state index contributed by atoms with van der Waals surface area (Å²) in [5.74, 6) is 1.19. The van der Waals surface area contributed by atoms with Crippen LogP contribution in [0.1, 0.15) is 10.4 Å². The van der Waals surface area contributed by atoms with Crippen molar-refractivity contribution in [3.05, 3.63) is 53.3 Å². The number of carbonyl (C=O) groups is 1. The molecule has 21 heavy (non-hydrogen) atoms. The highest BCUT2D eigenvalue weighted by molar-refractivity contribution is 6.29. The van der Waals surface area contributed by atoms with Crippen LogP contribution in [0.2, 0.25) is 5.15 Å². The number of benzene rings is 1. The number of hydrogen-bond acceptors (Lipinski definition) is 4. The molecule has 0 bridgehead atoms. The summed E-state index contributed by atoms with van der Waals surface area (Å²) in [6.45, 7) is 0.756. The predicted octanol–water partition coefficient (Wildman–Crippen LogP) is 2.30. The summed E-state index contributed by atoms with van der Waals surface area (Å²) in [5.41, 5.74) is 0.455. The Morgan fingerprint density at radius 2 is 2.10 bits per heavy atom. The molecule has 1 aliphatic rings. The Kier molecular flexibility index (Phi) is 3.92. The average molecular weight is 305 g/mol. The normalized spacial score (nSPS) is 16.3. The number of halogens is 1. The van der Waals surface area contributed by atoms with Crippen molar-refractivity contribution in [1.82, 2.24) is 10.3 Å². The van der Waals surface area contributed by atoms with Crippen molar-refractivity contribution in [2.24, 2.45) is 0 Å². The van der Waals surface area contributed by atoms with E-state index in [0.717, 1.165) is 5.75 Å². The van der Waals surface area contributed by atoms with Gasteiger partial charge in [0.05, 0.1) is 12.1 Å². The molecule has 0 unspecified atom stereocenters. The van der Waals surface area contributed by atoms with Gasteiger partial charge in [0.25, 0.3) is 5.91 Å². The highest BCUT2D eigenvalue weighted by Crippen LogP contribution is 2.30. The van der Waals surface area contributed by atoms with E-state index < -0.39 is 0 Å². The highest BCUT2D eigenvalue weighted by atomic mass is 35.5. The molecule has 0 spiro atoms. The number of fused-ring (bicyclic) bond motifs is 1. The molecule has 3 rings (SSSR count). The van der Waals surface area contributed by atoms with Crippen LogP contribution in [0, 0.1) is 0 Å². The fourth-order valence-corrected chi connectivity index (χ4v) is 2.09. The van der Waals surface area contributed by atoms with Gasteiger partial charge in [-0.15, -0.1) is 0 Å². The molecule has 1 N–H and O–H groups in total. The van der Waals surface area contributed by atoms with Crippen molar-refractivity contribution in [3.63, 3.8) is 0 Å². The maximum atomic E-state index is 12.0. The fourth-order valence-electron chi connectivity index (χ4n) is 1.98. The molecular formula is C15H13ClN2O3. The van der Waals surface area contributed by atoms with Gasteiger partial charge >= 0.3 is 0 Å². The van der Waals surface area contributed by atoms with Gasteiger partial charge in [-0.05, 0) is 24.3 Å². The maximum absolute atomic E-state index is 12.0. The van der Waals surface area contributed by atoms with Gasteiger partial charge in [-0.1, -0.05) is 23.7 Å². The third-order valence-corrected chi connectivity index (χ3v) is 3.27. The second-order valence-electron chi connectivity index (χ2n) is 4.58. The number of aromatic nitrogens is 1. The number of carbonyl (C=O) groups excluding carboxylic acids is 1. The van der Waals surface area contributed by atoms with E-state index in [1.54, 1.807) is 12.1 Å². The van der Waals surface area contributed by atoms with E-state index in [0.29, 0.717) is 29.6 Å². The highest BCUT2D eigenvalue weighted by Gasteiger charge is 2.21. The van der Waals surface area contributed by atoms with Gasteiger partial charge < -0.3 is 14.8 Å². The molecule has 0 aliphatic carbocycles. The zero-order valence-corrected chi connectivity index (χ0v) is 11.8. The number of hydrogen-bond donors (Lipinski definition) is 1. The van der Waals surface area contributed by atoms with Crippen LogP contribution in [0.15, 0.2) is 42.6 Å². The summed E-state index contributed by atoms with van der Waals surface area (Å²) < 4.78 is 11.3. The molecule has 108 valence electrons. The van der Waals surface area contributed by atoms with Crippen molar-refractivity contribution < 1.29 is 14.3 Å². The number of ether oxygens (including phenoxy) is 2. The Labute approximate surface area is 126 Å². The number of nitrogens with zero attached hydrogens (tertiary/aromatic N) is 1. The quantitative estimate of drug-likeness (QED) is 0.884. The first-order valence-corrected chi connectivity index (χ1v) is 6.88. The fraction of sp³-hybridized carbons (Fsp3) is 0.200. The maximum Gasteiger partial charge on any atom is 0.252 e. The van der Waals surface area contributed by atoms with Crippen molar-refractivity contribution in [1.29, 1.82) is 0 Å². The Morgan fingerprint density at radius 3 is 2.86 bits per heavy atom. The van der Waals surface area contributed by atoms with Crippen LogP contribution >= 0.6 is 11.6 Å². The minimum atomic E-state index is -0.221. The molecule has 0 saturated carbocycles. The van der Waals surface area contributed by atoms with Crippen molar-refractivity contribution in [2.45, 2.75) is 6.10 Å². The average Bonchev–Trinajstić information content (AvgIpc) is 2.53. The SMILES string of the molecule is O=C(NC[C@H]1COc2ccccc2O1)c1ccc(Cl)nc1. The summed E-state index contributed by atoms with van der Waals surface area (Å²) in [7, 11) is 0. The summed E-state index contributed by atoms with van der Waals surface area (Å²) in [4.78, 5) is 15.8. The second-order valence-corrected chi connectivity index (χ2v) is 4.96. The van der Waals surface area contributed by atoms with E-state index in [2.05, 4.69) is 10.3 Å². The monoisotopic (exact) mass is 304 g/mol. The van der Waals surface area contributed by atoms with E-state index in [-0.39, 0.29) is 12.0 Å². The molecule has 1 amide bonds. The summed E-state index contributed by atoms with van der Waals surface area (Å²) in [5, 5.41) is 3.15. The van der Waals surface area contributed by atoms with Crippen molar-refractivity contribution in [3.8, 4) is 11.5 Å². The standard InChI is InChI=1S/C15H13ClN2O3/c16-14-6-5-10(7-17-14)15(19)18-8-11-9-20-12-3-1-2-4-13(12)21-11/h1-7,11H,8-9H2,(H,18,19)/t11-/m0/s1. The molecule has 1 aromatic heterocycles. The Hall–Kier alpha value is -2.27. The topological polar surface area (TPSA) is 60.5 Å². The molecule has 5 nitrogen and oxygen atoms in total. The minimum absolute atomic E-state index is 0.218. The lowest BCUT2D eigenvalue weighted by Crippen LogP contribution is -2.40. The number of amides is 1. The molecule has 1 atom stereocenters. The molecule has 0 fully saturated rings. The summed E-state index contributed by atoms with van der Waals surface area (Å²) in [6.07, 6.45) is 1.22. The molecule has 2 aromatic rings. The Bertz CT molecular complexity index is 646. The molecule has 0 saturated heterocycles. The molecule has 1 aromatic carbocycles. The number of nitrogens with one attached hydrogen (secondary N) is 1. The lowest BCUT2D eigenvalue weighted by Gasteiger charge is -2.26. The third kappa shape index (κ3) is 3.25. The predicted molar refractivity (Wildman–Crippen MR) is 77.9 cm³/mol. The third-order valence-electron chi connectivity index (χ3n) is 3.05. The van der Waals surface area contributed by atoms with Gasteiger partial charge in [0, 0.05) is 6.20 Å². The van der Waals surface area contributed by atoms with Crippen molar-refractivity contribution in [2.75, 3.05) is 13.2 Å². The largest absolute Gasteiger partial charge is 0.486 e. The summed E-state index contributed by atoms with van der Waals surface area (Å²) >= 11 is 5.68. The first-order chi connectivity index (χ1) is 10.2. The lowest BCUT2D eigenvalue weighted by molar-refractivity contribution is 0.0789. The Morgan fingerprint density at radius 1 is 1.29 bits per heavy atom. The molecule has 2 heterocycles. The van der Waals surface area contributed by atoms with Crippen LogP contribution in [-0.4, -0.2) is 30.1 Å². The molecular weight excluding hydrogens is 292 g/mol. The van der Waals surface area contributed by atoms with Gasteiger partial charge in [-0.2, -0.15) is 0 Å². The van der Waals surface area contributed by atoms with E-state index in [4.69, 9.17) is 21.1 Å². The van der Waals surface area contributed by atoms with Crippen LogP contribution in [0.5, 0.6) is 11.5 Å². The number of pyridine rings is 1. The first-order valence-electron chi connectivity index (χ1n) is 6.50. The first kappa shape index (κ1) is 13.7. The molecule has 6 heteroatoms. The molecule has 1 aliphatic heterocycles. The van der Waals surface area contributed by atoms with Crippen LogP contribution in [0.3, 0.4) is 0 Å². The van der Waals surface area contributed by atoms with Crippen LogP contribution in [-0.2, 0) is 0 Å². The molecule has 0 radical (unpaired) electrons. The van der Waals surface area contributed by atoms with Crippen LogP contribution in [0.4, 0.5) is 0 Å². The van der Waals surface area contributed by atoms with E-state index in [9.17, 15) is 4.79 Å². The zero-order valence-electron chi connectivity index (χ0n) is 11.1. The smallest absolute Gasteiger partial charge is 0.252 e. The van der Waals surface area contributed by atoms with E-state index in [1.807, 2.05) is 24.3 Å². The van der Waals surface area contributed by atoms with Gasteiger partial charge in [0.15, 0.2) is 11.5 Å². The van der Waals surface area contributed by atoms with Crippen molar-refractivity contribution >= 4 is 17.5 Å². The van der Waals surface area contributed by atoms with E-state index in [1.165, 1.54) is 6.20 Å². The Balaban J connectivity index is 1.56. The number of para-hydroxylation sites is 2. The van der Waals surface area contributed by atoms with E-state index >= 15 is 0 Å². The van der Waals surface area contributed by atoms with Gasteiger partial charge in [0.1, 0.15) is 17.9 Å².